The van der Waals surface area contributed by atoms with Gasteiger partial charge in [-0.1, -0.05) is 13.0 Å². The molecule has 1 amide bonds. The molecule has 1 heterocycles. The van der Waals surface area contributed by atoms with Gasteiger partial charge in [-0.2, -0.15) is 0 Å². The quantitative estimate of drug-likeness (QED) is 0.882. The summed E-state index contributed by atoms with van der Waals surface area (Å²) in [5.74, 6) is -0.155. The molecule has 0 saturated heterocycles. The third-order valence-corrected chi connectivity index (χ3v) is 5.09. The molecule has 1 aliphatic rings. The fourth-order valence-corrected chi connectivity index (χ4v) is 3.54. The summed E-state index contributed by atoms with van der Waals surface area (Å²) in [6.45, 7) is 1.95. The Balaban J connectivity index is 1.84. The number of hydrogen-bond donors (Lipinski definition) is 1. The Labute approximate surface area is 105 Å². The topological polar surface area (TPSA) is 63.2 Å². The lowest BCUT2D eigenvalue weighted by Gasteiger charge is -2.05. The molecule has 6 heteroatoms. The van der Waals surface area contributed by atoms with Crippen molar-refractivity contribution in [3.8, 4) is 0 Å². The molecule has 1 saturated carbocycles. The molecule has 0 radical (unpaired) electrons. The third-order valence-electron chi connectivity index (χ3n) is 2.90. The molecular formula is C11H15NO3S2. The molecule has 1 aliphatic carbocycles. The number of carbonyl (C=O) groups excluding carboxylic acids is 1. The van der Waals surface area contributed by atoms with Gasteiger partial charge in [-0.3, -0.25) is 9.52 Å². The van der Waals surface area contributed by atoms with Gasteiger partial charge in [-0.25, -0.2) is 8.42 Å². The van der Waals surface area contributed by atoms with E-state index in [0.717, 1.165) is 11.3 Å². The Morgan fingerprint density at radius 3 is 2.82 bits per heavy atom. The van der Waals surface area contributed by atoms with Crippen molar-refractivity contribution in [2.45, 2.75) is 19.8 Å². The van der Waals surface area contributed by atoms with E-state index < -0.39 is 10.0 Å². The van der Waals surface area contributed by atoms with Crippen LogP contribution in [0.1, 0.15) is 18.2 Å². The summed E-state index contributed by atoms with van der Waals surface area (Å²) in [6, 6.07) is 3.78. The van der Waals surface area contributed by atoms with Crippen LogP contribution in [-0.2, 0) is 21.2 Å². The van der Waals surface area contributed by atoms with E-state index in [2.05, 4.69) is 4.72 Å². The van der Waals surface area contributed by atoms with Crippen LogP contribution in [0.3, 0.4) is 0 Å². The molecule has 0 aliphatic heterocycles. The highest BCUT2D eigenvalue weighted by atomic mass is 32.2. The molecule has 2 atom stereocenters. The normalized spacial score (nSPS) is 23.4. The predicted octanol–water partition coefficient (Wildman–Crippen LogP) is 1.39. The van der Waals surface area contributed by atoms with Gasteiger partial charge >= 0.3 is 0 Å². The number of rotatable bonds is 5. The molecule has 1 aromatic heterocycles. The molecule has 4 nitrogen and oxygen atoms in total. The molecule has 0 aromatic carbocycles. The lowest BCUT2D eigenvalue weighted by atomic mass is 10.3. The minimum atomic E-state index is -3.48. The van der Waals surface area contributed by atoms with Crippen LogP contribution >= 0.6 is 11.3 Å². The predicted molar refractivity (Wildman–Crippen MR) is 67.2 cm³/mol. The van der Waals surface area contributed by atoms with Gasteiger partial charge in [-0.15, -0.1) is 11.3 Å². The van der Waals surface area contributed by atoms with E-state index in [9.17, 15) is 13.2 Å². The molecule has 0 bridgehead atoms. The highest BCUT2D eigenvalue weighted by molar-refractivity contribution is 7.90. The maximum Gasteiger partial charge on any atom is 0.236 e. The lowest BCUT2D eigenvalue weighted by Crippen LogP contribution is -2.34. The number of amides is 1. The zero-order valence-electron chi connectivity index (χ0n) is 9.55. The highest BCUT2D eigenvalue weighted by Gasteiger charge is 2.40. The molecule has 0 spiro atoms. The Morgan fingerprint density at radius 2 is 2.29 bits per heavy atom. The SMILES string of the molecule is C[C@@H]1C[C@@H]1C(=O)NS(=O)(=O)CCc1cccs1. The van der Waals surface area contributed by atoms with Crippen LogP contribution in [0.15, 0.2) is 17.5 Å². The minimum Gasteiger partial charge on any atom is -0.274 e. The first-order valence-corrected chi connectivity index (χ1v) is 8.08. The molecule has 2 rings (SSSR count). The first-order chi connectivity index (χ1) is 7.98. The van der Waals surface area contributed by atoms with Crippen LogP contribution in [0.2, 0.25) is 0 Å². The fraction of sp³-hybridized carbons (Fsp3) is 0.545. The monoisotopic (exact) mass is 273 g/mol. The van der Waals surface area contributed by atoms with E-state index >= 15 is 0 Å². The molecule has 17 heavy (non-hydrogen) atoms. The lowest BCUT2D eigenvalue weighted by molar-refractivity contribution is -0.120. The van der Waals surface area contributed by atoms with Crippen LogP contribution in [0.5, 0.6) is 0 Å². The first kappa shape index (κ1) is 12.6. The van der Waals surface area contributed by atoms with Gasteiger partial charge < -0.3 is 0 Å². The summed E-state index contributed by atoms with van der Waals surface area (Å²) >= 11 is 1.52. The standard InChI is InChI=1S/C11H15NO3S2/c1-8-7-10(8)11(13)12-17(14,15)6-4-9-3-2-5-16-9/h2-3,5,8,10H,4,6-7H2,1H3,(H,12,13)/t8-,10+/m1/s1. The largest absolute Gasteiger partial charge is 0.274 e. The second-order valence-electron chi connectivity index (χ2n) is 4.43. The van der Waals surface area contributed by atoms with E-state index in [1.807, 2.05) is 24.4 Å². The van der Waals surface area contributed by atoms with Crippen molar-refractivity contribution in [3.63, 3.8) is 0 Å². The van der Waals surface area contributed by atoms with E-state index in [1.54, 1.807) is 0 Å². The Hall–Kier alpha value is -0.880. The van der Waals surface area contributed by atoms with Crippen molar-refractivity contribution >= 4 is 27.3 Å². The molecule has 1 N–H and O–H groups in total. The second kappa shape index (κ2) is 4.78. The van der Waals surface area contributed by atoms with Crippen molar-refractivity contribution in [2.24, 2.45) is 11.8 Å². The molecule has 1 aromatic rings. The van der Waals surface area contributed by atoms with Gasteiger partial charge in [0.25, 0.3) is 0 Å². The number of aryl methyl sites for hydroxylation is 1. The maximum absolute atomic E-state index is 11.6. The maximum atomic E-state index is 11.6. The average Bonchev–Trinajstić information content (AvgIpc) is 2.79. The van der Waals surface area contributed by atoms with Crippen LogP contribution < -0.4 is 4.72 Å². The number of carbonyl (C=O) groups is 1. The highest BCUT2D eigenvalue weighted by Crippen LogP contribution is 2.37. The van der Waals surface area contributed by atoms with Gasteiger partial charge in [-0.05, 0) is 30.2 Å². The third kappa shape index (κ3) is 3.54. The van der Waals surface area contributed by atoms with Crippen LogP contribution in [-0.4, -0.2) is 20.1 Å². The van der Waals surface area contributed by atoms with Crippen molar-refractivity contribution in [1.29, 1.82) is 0 Å². The van der Waals surface area contributed by atoms with Crippen molar-refractivity contribution < 1.29 is 13.2 Å². The second-order valence-corrected chi connectivity index (χ2v) is 7.31. The Bertz CT molecular complexity index is 493. The van der Waals surface area contributed by atoms with Crippen LogP contribution in [0.4, 0.5) is 0 Å². The smallest absolute Gasteiger partial charge is 0.236 e. The van der Waals surface area contributed by atoms with Gasteiger partial charge in [0.2, 0.25) is 15.9 Å². The van der Waals surface area contributed by atoms with Crippen LogP contribution in [0.25, 0.3) is 0 Å². The Kier molecular flexibility index (Phi) is 3.53. The van der Waals surface area contributed by atoms with Gasteiger partial charge in [0.05, 0.1) is 5.75 Å². The van der Waals surface area contributed by atoms with E-state index in [-0.39, 0.29) is 17.6 Å². The Morgan fingerprint density at radius 1 is 1.59 bits per heavy atom. The zero-order valence-corrected chi connectivity index (χ0v) is 11.2. The molecule has 94 valence electrons. The minimum absolute atomic E-state index is 0.0274. The molecule has 0 unspecified atom stereocenters. The molecule has 1 fully saturated rings. The first-order valence-electron chi connectivity index (χ1n) is 5.54. The van der Waals surface area contributed by atoms with Crippen LogP contribution in [0, 0.1) is 11.8 Å². The summed E-state index contributed by atoms with van der Waals surface area (Å²) < 4.78 is 25.4. The summed E-state index contributed by atoms with van der Waals surface area (Å²) in [7, 11) is -3.48. The van der Waals surface area contributed by atoms with E-state index in [1.165, 1.54) is 11.3 Å². The molecular weight excluding hydrogens is 258 g/mol. The summed E-state index contributed by atoms with van der Waals surface area (Å²) in [4.78, 5) is 12.5. The summed E-state index contributed by atoms with van der Waals surface area (Å²) in [5, 5.41) is 1.91. The van der Waals surface area contributed by atoms with E-state index in [4.69, 9.17) is 0 Å². The zero-order chi connectivity index (χ0) is 12.5. The van der Waals surface area contributed by atoms with Gasteiger partial charge in [0.1, 0.15) is 0 Å². The number of thiophene rings is 1. The number of nitrogens with one attached hydrogen (secondary N) is 1. The van der Waals surface area contributed by atoms with Crippen molar-refractivity contribution in [3.05, 3.63) is 22.4 Å². The fourth-order valence-electron chi connectivity index (χ4n) is 1.66. The average molecular weight is 273 g/mol. The van der Waals surface area contributed by atoms with Gasteiger partial charge in [0, 0.05) is 10.8 Å². The summed E-state index contributed by atoms with van der Waals surface area (Å²) in [5.41, 5.74) is 0. The van der Waals surface area contributed by atoms with Crippen molar-refractivity contribution in [1.82, 2.24) is 4.72 Å². The van der Waals surface area contributed by atoms with Gasteiger partial charge in [0.15, 0.2) is 0 Å². The van der Waals surface area contributed by atoms with Crippen molar-refractivity contribution in [2.75, 3.05) is 5.75 Å². The summed E-state index contributed by atoms with van der Waals surface area (Å²) in [6.07, 6.45) is 1.26. The number of sulfonamides is 1. The van der Waals surface area contributed by atoms with E-state index in [0.29, 0.717) is 12.3 Å². The number of hydrogen-bond acceptors (Lipinski definition) is 4.